The molecule has 0 fully saturated rings. The van der Waals surface area contributed by atoms with Crippen LogP contribution in [0.5, 0.6) is 11.5 Å². The Kier molecular flexibility index (Phi) is 6.67. The van der Waals surface area contributed by atoms with Crippen LogP contribution in [0.1, 0.15) is 56.9 Å². The molecular formula is C25H31N3O6. The molecule has 0 radical (unpaired) electrons. The minimum Gasteiger partial charge on any atom is -0.508 e. The van der Waals surface area contributed by atoms with Crippen LogP contribution in [0, 0.1) is 0 Å². The number of aromatic hydroxyl groups is 1. The number of rotatable bonds is 8. The van der Waals surface area contributed by atoms with Crippen LogP contribution in [0.2, 0.25) is 0 Å². The second kappa shape index (κ2) is 9.52. The van der Waals surface area contributed by atoms with Crippen molar-refractivity contribution in [3.8, 4) is 11.5 Å². The van der Waals surface area contributed by atoms with Gasteiger partial charge in [-0.2, -0.15) is 0 Å². The molecule has 0 saturated heterocycles. The number of phenols is 1. The molecular weight excluding hydrogens is 438 g/mol. The summed E-state index contributed by atoms with van der Waals surface area (Å²) in [4.78, 5) is 25.9. The fraction of sp³-hybridized carbons (Fsp3) is 0.440. The third kappa shape index (κ3) is 4.95. The fourth-order valence-electron chi connectivity index (χ4n) is 4.29. The zero-order chi connectivity index (χ0) is 24.5. The van der Waals surface area contributed by atoms with Gasteiger partial charge in [0.25, 0.3) is 5.91 Å². The Morgan fingerprint density at radius 2 is 2.03 bits per heavy atom. The molecule has 2 atom stereocenters. The number of anilines is 2. The van der Waals surface area contributed by atoms with Crippen LogP contribution >= 0.6 is 0 Å². The van der Waals surface area contributed by atoms with Gasteiger partial charge in [-0.05, 0) is 38.8 Å². The van der Waals surface area contributed by atoms with Crippen molar-refractivity contribution in [1.29, 1.82) is 0 Å². The molecule has 0 aromatic heterocycles. The topological polar surface area (TPSA) is 120 Å². The van der Waals surface area contributed by atoms with E-state index < -0.39 is 11.6 Å². The van der Waals surface area contributed by atoms with E-state index in [-0.39, 0.29) is 37.0 Å². The Hall–Kier alpha value is -3.30. The van der Waals surface area contributed by atoms with Gasteiger partial charge in [0.05, 0.1) is 17.5 Å². The maximum atomic E-state index is 12.7. The van der Waals surface area contributed by atoms with Gasteiger partial charge in [0, 0.05) is 35.8 Å². The van der Waals surface area contributed by atoms with Crippen LogP contribution in [-0.2, 0) is 9.53 Å². The van der Waals surface area contributed by atoms with E-state index in [0.717, 1.165) is 11.3 Å². The minimum atomic E-state index is -0.985. The lowest BCUT2D eigenvalue weighted by molar-refractivity contribution is -0.118. The number of para-hydroxylation sites is 1. The molecule has 2 aromatic carbocycles. The number of hydrogen-bond acceptors (Lipinski definition) is 7. The van der Waals surface area contributed by atoms with Crippen LogP contribution in [0.3, 0.4) is 0 Å². The van der Waals surface area contributed by atoms with E-state index in [1.165, 1.54) is 12.1 Å². The number of β-amino-alcohol motifs (C(OH)–C–C–N with tert-alkyl or cyclic N) is 1. The van der Waals surface area contributed by atoms with Gasteiger partial charge in [-0.25, -0.2) is 4.79 Å². The molecule has 2 amide bonds. The predicted octanol–water partition coefficient (Wildman–Crippen LogP) is 3.62. The first-order valence-electron chi connectivity index (χ1n) is 11.5. The molecule has 34 heavy (non-hydrogen) atoms. The smallest absolute Gasteiger partial charge is 0.414 e. The first-order chi connectivity index (χ1) is 16.2. The first kappa shape index (κ1) is 23.8. The molecule has 9 nitrogen and oxygen atoms in total. The molecule has 2 aliphatic rings. The van der Waals surface area contributed by atoms with Gasteiger partial charge in [0.1, 0.15) is 17.6 Å². The third-order valence-electron chi connectivity index (χ3n) is 6.23. The van der Waals surface area contributed by atoms with Crippen LogP contribution in [0.25, 0.3) is 0 Å². The summed E-state index contributed by atoms with van der Waals surface area (Å²) >= 11 is 0. The van der Waals surface area contributed by atoms with Gasteiger partial charge >= 0.3 is 6.09 Å². The number of ether oxygens (including phenoxy) is 2. The van der Waals surface area contributed by atoms with Crippen molar-refractivity contribution in [2.75, 3.05) is 29.9 Å². The van der Waals surface area contributed by atoms with Crippen molar-refractivity contribution in [2.24, 2.45) is 0 Å². The van der Waals surface area contributed by atoms with Gasteiger partial charge < -0.3 is 30.3 Å². The highest BCUT2D eigenvalue weighted by Crippen LogP contribution is 2.39. The lowest BCUT2D eigenvalue weighted by Crippen LogP contribution is -2.46. The molecule has 2 aliphatic heterocycles. The Morgan fingerprint density at radius 3 is 2.79 bits per heavy atom. The Labute approximate surface area is 198 Å². The minimum absolute atomic E-state index is 0.0782. The van der Waals surface area contributed by atoms with Gasteiger partial charge in [-0.1, -0.05) is 25.1 Å². The number of aliphatic hydroxyl groups is 1. The normalized spacial score (nSPS) is 18.4. The number of nitrogens with zero attached hydrogens (tertiary/aromatic N) is 1. The molecule has 2 aromatic rings. The van der Waals surface area contributed by atoms with E-state index in [1.54, 1.807) is 4.90 Å². The maximum Gasteiger partial charge on any atom is 0.414 e. The van der Waals surface area contributed by atoms with Gasteiger partial charge in [-0.15, -0.1) is 0 Å². The SMILES string of the molecule is CCC1OC(=O)N(CCC(C)(C)NCC(O)c2cc(O)cc3c2OCC(=O)N3)c2ccccc21. The molecule has 0 spiro atoms. The Balaban J connectivity index is 1.41. The second-order valence-corrected chi connectivity index (χ2v) is 9.27. The monoisotopic (exact) mass is 469 g/mol. The van der Waals surface area contributed by atoms with Gasteiger partial charge in [0.15, 0.2) is 6.61 Å². The van der Waals surface area contributed by atoms with Crippen molar-refractivity contribution in [3.63, 3.8) is 0 Å². The quantitative estimate of drug-likeness (QED) is 0.466. The van der Waals surface area contributed by atoms with Gasteiger partial charge in [-0.3, -0.25) is 9.69 Å². The number of phenolic OH excluding ortho intramolecular Hbond substituents is 1. The van der Waals surface area contributed by atoms with E-state index in [2.05, 4.69) is 10.6 Å². The molecule has 182 valence electrons. The summed E-state index contributed by atoms with van der Waals surface area (Å²) in [6, 6.07) is 10.6. The number of nitrogens with one attached hydrogen (secondary N) is 2. The van der Waals surface area contributed by atoms with Crippen molar-refractivity contribution in [1.82, 2.24) is 5.32 Å². The molecule has 2 unspecified atom stereocenters. The number of carbonyl (C=O) groups excluding carboxylic acids is 2. The predicted molar refractivity (Wildman–Crippen MR) is 127 cm³/mol. The maximum absolute atomic E-state index is 12.7. The highest BCUT2D eigenvalue weighted by Gasteiger charge is 2.33. The number of benzene rings is 2. The van der Waals surface area contributed by atoms with E-state index in [4.69, 9.17) is 9.47 Å². The summed E-state index contributed by atoms with van der Waals surface area (Å²) in [5.41, 5.74) is 2.16. The highest BCUT2D eigenvalue weighted by molar-refractivity contribution is 5.96. The number of hydrogen-bond donors (Lipinski definition) is 4. The number of fused-ring (bicyclic) bond motifs is 2. The van der Waals surface area contributed by atoms with E-state index in [1.807, 2.05) is 45.0 Å². The Bertz CT molecular complexity index is 1090. The zero-order valence-corrected chi connectivity index (χ0v) is 19.6. The fourth-order valence-corrected chi connectivity index (χ4v) is 4.29. The number of cyclic esters (lactones) is 1. The van der Waals surface area contributed by atoms with Crippen molar-refractivity contribution >= 4 is 23.4 Å². The molecule has 0 saturated carbocycles. The summed E-state index contributed by atoms with van der Waals surface area (Å²) < 4.78 is 11.1. The summed E-state index contributed by atoms with van der Waals surface area (Å²) in [6.07, 6.45) is -0.257. The van der Waals surface area contributed by atoms with Crippen molar-refractivity contribution in [2.45, 2.75) is 51.4 Å². The largest absolute Gasteiger partial charge is 0.508 e. The molecule has 0 aliphatic carbocycles. The molecule has 4 N–H and O–H groups in total. The molecule has 0 bridgehead atoms. The standard InChI is InChI=1S/C25H31N3O6/c1-4-21-16-7-5-6-8-19(16)28(24(32)34-21)10-9-25(2,3)26-13-20(30)17-11-15(29)12-18-23(17)33-14-22(31)27-18/h5-8,11-12,20-21,26,29-30H,4,9-10,13-14H2,1-3H3,(H,27,31). The van der Waals surface area contributed by atoms with Crippen LogP contribution in [-0.4, -0.2) is 47.4 Å². The first-order valence-corrected chi connectivity index (χ1v) is 11.5. The highest BCUT2D eigenvalue weighted by atomic mass is 16.6. The van der Waals surface area contributed by atoms with Crippen molar-refractivity contribution in [3.05, 3.63) is 47.5 Å². The lowest BCUT2D eigenvalue weighted by atomic mass is 9.97. The van der Waals surface area contributed by atoms with Crippen molar-refractivity contribution < 1.29 is 29.3 Å². The summed E-state index contributed by atoms with van der Waals surface area (Å²) in [5.74, 6) is -0.0472. The number of carbonyl (C=O) groups is 2. The lowest BCUT2D eigenvalue weighted by Gasteiger charge is -2.36. The molecule has 9 heteroatoms. The van der Waals surface area contributed by atoms with Crippen LogP contribution < -0.4 is 20.3 Å². The third-order valence-corrected chi connectivity index (χ3v) is 6.23. The number of aliphatic hydroxyl groups excluding tert-OH is 1. The van der Waals surface area contributed by atoms with Gasteiger partial charge in [0.2, 0.25) is 0 Å². The summed E-state index contributed by atoms with van der Waals surface area (Å²) in [7, 11) is 0. The molecule has 2 heterocycles. The summed E-state index contributed by atoms with van der Waals surface area (Å²) in [5, 5.41) is 26.8. The van der Waals surface area contributed by atoms with E-state index in [9.17, 15) is 19.8 Å². The second-order valence-electron chi connectivity index (χ2n) is 9.27. The average Bonchev–Trinajstić information content (AvgIpc) is 2.80. The van der Waals surface area contributed by atoms with E-state index >= 15 is 0 Å². The number of amides is 2. The molecule has 4 rings (SSSR count). The Morgan fingerprint density at radius 1 is 1.26 bits per heavy atom. The summed E-state index contributed by atoms with van der Waals surface area (Å²) in [6.45, 7) is 6.45. The van der Waals surface area contributed by atoms with Crippen LogP contribution in [0.15, 0.2) is 36.4 Å². The van der Waals surface area contributed by atoms with E-state index in [0.29, 0.717) is 36.4 Å². The zero-order valence-electron chi connectivity index (χ0n) is 19.6. The van der Waals surface area contributed by atoms with Crippen LogP contribution in [0.4, 0.5) is 16.2 Å². The average molecular weight is 470 g/mol.